The van der Waals surface area contributed by atoms with Crippen molar-refractivity contribution >= 4 is 5.84 Å². The Labute approximate surface area is 201 Å². The minimum absolute atomic E-state index is 0.112. The lowest BCUT2D eigenvalue weighted by atomic mass is 9.88. The van der Waals surface area contributed by atoms with Crippen LogP contribution in [0.1, 0.15) is 67.5 Å². The molecule has 5 heteroatoms. The number of hydrogen-bond acceptors (Lipinski definition) is 4. The van der Waals surface area contributed by atoms with Crippen LogP contribution < -0.4 is 4.74 Å². The van der Waals surface area contributed by atoms with E-state index in [9.17, 15) is 10.5 Å². The van der Waals surface area contributed by atoms with E-state index in [1.807, 2.05) is 37.3 Å². The molecule has 0 saturated carbocycles. The number of aryl methyl sites for hydroxylation is 1. The fraction of sp³-hybridized carbons (Fsp3) is 0.310. The highest BCUT2D eigenvalue weighted by atomic mass is 16.5. The molecule has 1 N–H and O–H groups in total. The van der Waals surface area contributed by atoms with Gasteiger partial charge in [0.1, 0.15) is 17.7 Å². The Bertz CT molecular complexity index is 1230. The zero-order valence-corrected chi connectivity index (χ0v) is 20.0. The van der Waals surface area contributed by atoms with Crippen molar-refractivity contribution in [2.75, 3.05) is 7.05 Å². The number of nitriles is 1. The van der Waals surface area contributed by atoms with Crippen molar-refractivity contribution in [1.82, 2.24) is 5.06 Å². The summed E-state index contributed by atoms with van der Waals surface area (Å²) in [4.78, 5) is 4.98. The molecule has 2 atom stereocenters. The van der Waals surface area contributed by atoms with E-state index in [2.05, 4.69) is 43.3 Å². The van der Waals surface area contributed by atoms with Gasteiger partial charge in [0.15, 0.2) is 0 Å². The highest BCUT2D eigenvalue weighted by Gasteiger charge is 2.31. The molecule has 174 valence electrons. The number of fused-ring (bicyclic) bond motifs is 1. The largest absolute Gasteiger partial charge is 0.485 e. The fourth-order valence-corrected chi connectivity index (χ4v) is 4.64. The number of benzene rings is 3. The van der Waals surface area contributed by atoms with Gasteiger partial charge in [-0.3, -0.25) is 10.2 Å². The summed E-state index contributed by atoms with van der Waals surface area (Å²) in [6.45, 7) is 4.18. The Hall–Kier alpha value is -3.62. The molecule has 1 aliphatic heterocycles. The normalized spacial score (nSPS) is 17.4. The van der Waals surface area contributed by atoms with E-state index in [1.54, 1.807) is 13.1 Å². The van der Waals surface area contributed by atoms with E-state index in [0.717, 1.165) is 40.3 Å². The molecule has 0 aromatic heterocycles. The standard InChI is InChI=1S/C29H31N3O2/c1-4-9-21-11-6-7-13-24(21)28-18-26(31-29(5-2)32(3)33)25-17-23(14-15-27(25)34-28)22-12-8-10-20(16-22)19-30/h6-8,10-17,26,28,33H,4-5,9,18H2,1-3H3/b31-29-. The smallest absolute Gasteiger partial charge is 0.126 e. The molecule has 0 amide bonds. The number of rotatable bonds is 6. The molecule has 0 fully saturated rings. The molecule has 0 aliphatic carbocycles. The molecule has 0 saturated heterocycles. The first kappa shape index (κ1) is 23.5. The summed E-state index contributed by atoms with van der Waals surface area (Å²) >= 11 is 0. The Morgan fingerprint density at radius 2 is 1.85 bits per heavy atom. The third-order valence-electron chi connectivity index (χ3n) is 6.32. The zero-order valence-electron chi connectivity index (χ0n) is 20.0. The third-order valence-corrected chi connectivity index (χ3v) is 6.32. The van der Waals surface area contributed by atoms with Crippen molar-refractivity contribution in [2.45, 2.75) is 51.7 Å². The van der Waals surface area contributed by atoms with E-state index in [1.165, 1.54) is 11.1 Å². The number of hydroxylamine groups is 2. The average molecular weight is 454 g/mol. The van der Waals surface area contributed by atoms with Gasteiger partial charge < -0.3 is 4.74 Å². The molecule has 0 bridgehead atoms. The maximum Gasteiger partial charge on any atom is 0.126 e. The maximum atomic E-state index is 10.1. The quantitative estimate of drug-likeness (QED) is 0.251. The summed E-state index contributed by atoms with van der Waals surface area (Å²) < 4.78 is 6.55. The van der Waals surface area contributed by atoms with Gasteiger partial charge in [-0.05, 0) is 52.9 Å². The fourth-order valence-electron chi connectivity index (χ4n) is 4.64. The summed E-state index contributed by atoms with van der Waals surface area (Å²) in [5, 5.41) is 20.5. The van der Waals surface area contributed by atoms with Gasteiger partial charge in [0.2, 0.25) is 0 Å². The number of hydrogen-bond donors (Lipinski definition) is 1. The lowest BCUT2D eigenvalue weighted by molar-refractivity contribution is 0.0104. The van der Waals surface area contributed by atoms with Gasteiger partial charge in [-0.25, -0.2) is 5.06 Å². The molecule has 1 aliphatic rings. The van der Waals surface area contributed by atoms with Crippen molar-refractivity contribution in [3.63, 3.8) is 0 Å². The molecule has 3 aromatic carbocycles. The Morgan fingerprint density at radius 3 is 2.59 bits per heavy atom. The van der Waals surface area contributed by atoms with Gasteiger partial charge in [-0.2, -0.15) is 5.26 Å². The highest BCUT2D eigenvalue weighted by Crippen LogP contribution is 2.45. The van der Waals surface area contributed by atoms with Gasteiger partial charge >= 0.3 is 0 Å². The second-order valence-corrected chi connectivity index (χ2v) is 8.67. The Morgan fingerprint density at radius 1 is 1.06 bits per heavy atom. The maximum absolute atomic E-state index is 10.1. The first-order valence-electron chi connectivity index (χ1n) is 11.9. The van der Waals surface area contributed by atoms with Crippen molar-refractivity contribution in [2.24, 2.45) is 4.99 Å². The van der Waals surface area contributed by atoms with Crippen LogP contribution in [-0.4, -0.2) is 23.2 Å². The van der Waals surface area contributed by atoms with Crippen LogP contribution in [0.15, 0.2) is 71.7 Å². The molecule has 5 nitrogen and oxygen atoms in total. The molecule has 3 aromatic rings. The van der Waals surface area contributed by atoms with E-state index < -0.39 is 0 Å². The number of nitrogens with zero attached hydrogens (tertiary/aromatic N) is 3. The summed E-state index contributed by atoms with van der Waals surface area (Å²) in [5.74, 6) is 1.45. The second kappa shape index (κ2) is 10.5. The first-order chi connectivity index (χ1) is 16.5. The van der Waals surface area contributed by atoms with Gasteiger partial charge in [0.05, 0.1) is 17.7 Å². The lowest BCUT2D eigenvalue weighted by Crippen LogP contribution is -2.25. The van der Waals surface area contributed by atoms with Crippen LogP contribution in [0.2, 0.25) is 0 Å². The third kappa shape index (κ3) is 4.98. The Kier molecular flexibility index (Phi) is 7.30. The van der Waals surface area contributed by atoms with Crippen LogP contribution in [0.25, 0.3) is 11.1 Å². The number of amidine groups is 1. The molecule has 1 heterocycles. The van der Waals surface area contributed by atoms with E-state index >= 15 is 0 Å². The summed E-state index contributed by atoms with van der Waals surface area (Å²) in [6.07, 6.45) is 3.28. The average Bonchev–Trinajstić information content (AvgIpc) is 2.87. The monoisotopic (exact) mass is 453 g/mol. The van der Waals surface area contributed by atoms with E-state index in [-0.39, 0.29) is 12.1 Å². The SMILES string of the molecule is CCCc1ccccc1C1CC(/N=C(/CC)N(C)O)c2cc(-c3cccc(C#N)c3)ccc2O1. The lowest BCUT2D eigenvalue weighted by Gasteiger charge is -2.33. The predicted octanol–water partition coefficient (Wildman–Crippen LogP) is 6.87. The van der Waals surface area contributed by atoms with Crippen molar-refractivity contribution in [1.29, 1.82) is 5.26 Å². The molecule has 0 spiro atoms. The summed E-state index contributed by atoms with van der Waals surface area (Å²) in [6, 6.07) is 24.3. The topological polar surface area (TPSA) is 68.8 Å². The summed E-state index contributed by atoms with van der Waals surface area (Å²) in [7, 11) is 1.61. The molecule has 0 radical (unpaired) electrons. The van der Waals surface area contributed by atoms with E-state index in [0.29, 0.717) is 24.2 Å². The number of ether oxygens (including phenoxy) is 1. The van der Waals surface area contributed by atoms with Crippen LogP contribution in [0.4, 0.5) is 0 Å². The van der Waals surface area contributed by atoms with Crippen molar-refractivity contribution in [3.05, 3.63) is 89.0 Å². The summed E-state index contributed by atoms with van der Waals surface area (Å²) in [5.41, 5.74) is 6.13. The Balaban J connectivity index is 1.79. The van der Waals surface area contributed by atoms with Crippen LogP contribution in [-0.2, 0) is 6.42 Å². The van der Waals surface area contributed by atoms with Gasteiger partial charge in [-0.15, -0.1) is 0 Å². The number of aliphatic imine (C=N–C) groups is 1. The van der Waals surface area contributed by atoms with Crippen LogP contribution in [0, 0.1) is 11.3 Å². The first-order valence-corrected chi connectivity index (χ1v) is 11.9. The highest BCUT2D eigenvalue weighted by molar-refractivity contribution is 5.81. The van der Waals surface area contributed by atoms with Gasteiger partial charge in [-0.1, -0.05) is 62.7 Å². The molecular weight excluding hydrogens is 422 g/mol. The minimum Gasteiger partial charge on any atom is -0.485 e. The molecular formula is C29H31N3O2. The molecule has 34 heavy (non-hydrogen) atoms. The zero-order chi connectivity index (χ0) is 24.1. The molecule has 4 rings (SSSR count). The minimum atomic E-state index is -0.160. The van der Waals surface area contributed by atoms with Crippen LogP contribution in [0.5, 0.6) is 5.75 Å². The predicted molar refractivity (Wildman–Crippen MR) is 135 cm³/mol. The van der Waals surface area contributed by atoms with Crippen molar-refractivity contribution in [3.8, 4) is 22.9 Å². The van der Waals surface area contributed by atoms with Gasteiger partial charge in [0.25, 0.3) is 0 Å². The second-order valence-electron chi connectivity index (χ2n) is 8.67. The van der Waals surface area contributed by atoms with E-state index in [4.69, 9.17) is 9.73 Å². The molecule has 2 unspecified atom stereocenters. The van der Waals surface area contributed by atoms with Crippen molar-refractivity contribution < 1.29 is 9.94 Å². The van der Waals surface area contributed by atoms with Crippen LogP contribution in [0.3, 0.4) is 0 Å². The van der Waals surface area contributed by atoms with Gasteiger partial charge in [0, 0.05) is 25.5 Å². The van der Waals surface area contributed by atoms with Crippen LogP contribution >= 0.6 is 0 Å².